The second-order valence-corrected chi connectivity index (χ2v) is 5.82. The van der Waals surface area contributed by atoms with Crippen LogP contribution in [0.2, 0.25) is 0 Å². The molecule has 0 N–H and O–H groups in total. The highest BCUT2D eigenvalue weighted by Gasteiger charge is 2.23. The van der Waals surface area contributed by atoms with Crippen LogP contribution in [0.3, 0.4) is 0 Å². The third-order valence-electron chi connectivity index (χ3n) is 4.07. The van der Waals surface area contributed by atoms with Crippen molar-refractivity contribution in [2.24, 2.45) is 0 Å². The molecule has 4 nitrogen and oxygen atoms in total. The molecular formula is C21H17FO4. The molecule has 0 spiro atoms. The van der Waals surface area contributed by atoms with E-state index in [1.165, 1.54) is 38.3 Å². The van der Waals surface area contributed by atoms with Crippen molar-refractivity contribution >= 4 is 22.5 Å². The first-order chi connectivity index (χ1) is 12.5. The molecule has 0 radical (unpaired) electrons. The highest BCUT2D eigenvalue weighted by Crippen LogP contribution is 2.27. The number of benzene rings is 3. The first kappa shape index (κ1) is 17.6. The number of carbonyl (C=O) groups excluding carboxylic acids is 2. The van der Waals surface area contributed by atoms with Gasteiger partial charge in [0.15, 0.2) is 6.10 Å². The van der Waals surface area contributed by atoms with E-state index in [1.807, 2.05) is 24.3 Å². The van der Waals surface area contributed by atoms with Crippen LogP contribution in [-0.4, -0.2) is 25.0 Å². The fraction of sp³-hybridized carbons (Fsp3) is 0.143. The van der Waals surface area contributed by atoms with Crippen LogP contribution in [0.4, 0.5) is 4.39 Å². The van der Waals surface area contributed by atoms with Crippen LogP contribution in [0.25, 0.3) is 10.8 Å². The molecule has 0 saturated heterocycles. The Kier molecular flexibility index (Phi) is 4.98. The highest BCUT2D eigenvalue weighted by molar-refractivity contribution is 6.03. The highest BCUT2D eigenvalue weighted by atomic mass is 19.1. The van der Waals surface area contributed by atoms with Crippen molar-refractivity contribution in [2.45, 2.75) is 13.0 Å². The van der Waals surface area contributed by atoms with E-state index in [-0.39, 0.29) is 11.1 Å². The molecule has 0 saturated carbocycles. The lowest BCUT2D eigenvalue weighted by atomic mass is 10.1. The molecule has 3 aromatic rings. The predicted octanol–water partition coefficient (Wildman–Crippen LogP) is 4.42. The predicted molar refractivity (Wildman–Crippen MR) is 96.1 cm³/mol. The van der Waals surface area contributed by atoms with E-state index >= 15 is 0 Å². The van der Waals surface area contributed by atoms with Crippen LogP contribution in [-0.2, 0) is 4.74 Å². The number of esters is 1. The summed E-state index contributed by atoms with van der Waals surface area (Å²) in [6.07, 6.45) is -1.01. The number of carbonyl (C=O) groups is 2. The lowest BCUT2D eigenvalue weighted by Gasteiger charge is -2.14. The van der Waals surface area contributed by atoms with Gasteiger partial charge in [-0.25, -0.2) is 9.18 Å². The van der Waals surface area contributed by atoms with Gasteiger partial charge >= 0.3 is 5.97 Å². The standard InChI is InChI=1S/C21H17FO4/c1-13(20(23)14-7-9-17(22)10-8-14)26-21(24)18-11-15-5-3-4-6-16(15)12-19(18)25-2/h3-13H,1-2H3/t13-/m0/s1. The Balaban J connectivity index is 1.83. The van der Waals surface area contributed by atoms with Crippen molar-refractivity contribution < 1.29 is 23.5 Å². The monoisotopic (exact) mass is 352 g/mol. The van der Waals surface area contributed by atoms with Crippen LogP contribution in [0, 0.1) is 5.82 Å². The van der Waals surface area contributed by atoms with Crippen molar-refractivity contribution in [2.75, 3.05) is 7.11 Å². The van der Waals surface area contributed by atoms with E-state index < -0.39 is 23.7 Å². The zero-order valence-corrected chi connectivity index (χ0v) is 14.4. The van der Waals surface area contributed by atoms with Gasteiger partial charge in [-0.2, -0.15) is 0 Å². The van der Waals surface area contributed by atoms with E-state index in [1.54, 1.807) is 12.1 Å². The Morgan fingerprint density at radius 2 is 1.58 bits per heavy atom. The van der Waals surface area contributed by atoms with Gasteiger partial charge in [0.2, 0.25) is 5.78 Å². The van der Waals surface area contributed by atoms with Crippen LogP contribution in [0.15, 0.2) is 60.7 Å². The minimum atomic E-state index is -1.01. The molecule has 3 aromatic carbocycles. The van der Waals surface area contributed by atoms with Crippen molar-refractivity contribution in [3.8, 4) is 5.75 Å². The van der Waals surface area contributed by atoms with Gasteiger partial charge in [-0.15, -0.1) is 0 Å². The molecule has 0 aliphatic heterocycles. The third kappa shape index (κ3) is 3.57. The summed E-state index contributed by atoms with van der Waals surface area (Å²) in [6.45, 7) is 1.48. The molecule has 0 heterocycles. The topological polar surface area (TPSA) is 52.6 Å². The number of methoxy groups -OCH3 is 1. The zero-order valence-electron chi connectivity index (χ0n) is 14.4. The second kappa shape index (κ2) is 7.35. The minimum Gasteiger partial charge on any atom is -0.496 e. The minimum absolute atomic E-state index is 0.241. The lowest BCUT2D eigenvalue weighted by Crippen LogP contribution is -2.24. The number of ketones is 1. The second-order valence-electron chi connectivity index (χ2n) is 5.82. The molecule has 5 heteroatoms. The van der Waals surface area contributed by atoms with E-state index in [0.29, 0.717) is 5.75 Å². The molecule has 0 amide bonds. The quantitative estimate of drug-likeness (QED) is 0.504. The maximum Gasteiger partial charge on any atom is 0.342 e. The number of hydrogen-bond donors (Lipinski definition) is 0. The van der Waals surface area contributed by atoms with E-state index in [2.05, 4.69) is 0 Å². The summed E-state index contributed by atoms with van der Waals surface area (Å²) in [7, 11) is 1.47. The summed E-state index contributed by atoms with van der Waals surface area (Å²) >= 11 is 0. The van der Waals surface area contributed by atoms with Crippen molar-refractivity contribution in [1.82, 2.24) is 0 Å². The van der Waals surface area contributed by atoms with E-state index in [4.69, 9.17) is 9.47 Å². The number of Topliss-reactive ketones (excluding diaryl/α,β-unsaturated/α-hetero) is 1. The van der Waals surface area contributed by atoms with Gasteiger partial charge in [-0.05, 0) is 54.1 Å². The van der Waals surface area contributed by atoms with Crippen LogP contribution in [0.5, 0.6) is 5.75 Å². The fourth-order valence-electron chi connectivity index (χ4n) is 2.67. The number of ether oxygens (including phenoxy) is 2. The number of hydrogen-bond acceptors (Lipinski definition) is 4. The fourth-order valence-corrected chi connectivity index (χ4v) is 2.67. The molecule has 0 aliphatic carbocycles. The summed E-state index contributed by atoms with van der Waals surface area (Å²) in [5.74, 6) is -1.13. The smallest absolute Gasteiger partial charge is 0.342 e. The van der Waals surface area contributed by atoms with Gasteiger partial charge in [0.1, 0.15) is 17.1 Å². The first-order valence-corrected chi connectivity index (χ1v) is 8.07. The van der Waals surface area contributed by atoms with Gasteiger partial charge in [-0.1, -0.05) is 24.3 Å². The molecule has 0 unspecified atom stereocenters. The molecule has 0 aliphatic rings. The zero-order chi connectivity index (χ0) is 18.7. The van der Waals surface area contributed by atoms with Crippen LogP contribution < -0.4 is 4.74 Å². The van der Waals surface area contributed by atoms with Gasteiger partial charge in [0.05, 0.1) is 7.11 Å². The summed E-state index contributed by atoms with van der Waals surface area (Å²) in [6, 6.07) is 16.1. The molecular weight excluding hydrogens is 335 g/mol. The number of fused-ring (bicyclic) bond motifs is 1. The molecule has 0 fully saturated rings. The average Bonchev–Trinajstić information content (AvgIpc) is 2.66. The maximum absolute atomic E-state index is 13.0. The largest absolute Gasteiger partial charge is 0.496 e. The first-order valence-electron chi connectivity index (χ1n) is 8.07. The van der Waals surface area contributed by atoms with E-state index in [9.17, 15) is 14.0 Å². The van der Waals surface area contributed by atoms with Gasteiger partial charge in [0, 0.05) is 5.56 Å². The lowest BCUT2D eigenvalue weighted by molar-refractivity contribution is 0.0316. The normalized spacial score (nSPS) is 11.8. The summed E-state index contributed by atoms with van der Waals surface area (Å²) in [5.41, 5.74) is 0.516. The summed E-state index contributed by atoms with van der Waals surface area (Å²) in [5, 5.41) is 1.79. The molecule has 0 aromatic heterocycles. The van der Waals surface area contributed by atoms with Crippen LogP contribution >= 0.6 is 0 Å². The number of rotatable bonds is 5. The number of halogens is 1. The Morgan fingerprint density at radius 1 is 0.962 bits per heavy atom. The molecule has 0 bridgehead atoms. The Labute approximate surface area is 150 Å². The summed E-state index contributed by atoms with van der Waals surface area (Å²) < 4.78 is 23.6. The summed E-state index contributed by atoms with van der Waals surface area (Å²) in [4.78, 5) is 24.9. The van der Waals surface area contributed by atoms with Crippen LogP contribution in [0.1, 0.15) is 27.6 Å². The van der Waals surface area contributed by atoms with Gasteiger partial charge in [-0.3, -0.25) is 4.79 Å². The Hall–Kier alpha value is -3.21. The molecule has 3 rings (SSSR count). The Bertz CT molecular complexity index is 963. The third-order valence-corrected chi connectivity index (χ3v) is 4.07. The van der Waals surface area contributed by atoms with Gasteiger partial charge in [0.25, 0.3) is 0 Å². The van der Waals surface area contributed by atoms with Gasteiger partial charge < -0.3 is 9.47 Å². The van der Waals surface area contributed by atoms with Crippen molar-refractivity contribution in [3.63, 3.8) is 0 Å². The van der Waals surface area contributed by atoms with E-state index in [0.717, 1.165) is 10.8 Å². The maximum atomic E-state index is 13.0. The SMILES string of the molecule is COc1cc2ccccc2cc1C(=O)O[C@@H](C)C(=O)c1ccc(F)cc1. The Morgan fingerprint density at radius 3 is 2.19 bits per heavy atom. The van der Waals surface area contributed by atoms with Crippen molar-refractivity contribution in [3.05, 3.63) is 77.6 Å². The molecule has 132 valence electrons. The molecule has 26 heavy (non-hydrogen) atoms. The average molecular weight is 352 g/mol. The molecule has 1 atom stereocenters. The van der Waals surface area contributed by atoms with Crippen molar-refractivity contribution in [1.29, 1.82) is 0 Å².